The van der Waals surface area contributed by atoms with Gasteiger partial charge in [-0.25, -0.2) is 4.39 Å². The van der Waals surface area contributed by atoms with E-state index in [0.717, 1.165) is 18.3 Å². The van der Waals surface area contributed by atoms with E-state index in [1.165, 1.54) is 25.0 Å². The van der Waals surface area contributed by atoms with E-state index in [9.17, 15) is 4.39 Å². The van der Waals surface area contributed by atoms with E-state index in [1.54, 1.807) is 6.07 Å². The zero-order chi connectivity index (χ0) is 13.1. The summed E-state index contributed by atoms with van der Waals surface area (Å²) in [4.78, 5) is 2.35. The fraction of sp³-hybridized carbons (Fsp3) is 0.500. The predicted octanol–water partition coefficient (Wildman–Crippen LogP) is 2.59. The SMILES string of the molecule is CC(CNc1ccc(C#N)c(F)c1)N(C)C1CC1. The monoisotopic (exact) mass is 247 g/mol. The Balaban J connectivity index is 1.89. The van der Waals surface area contributed by atoms with Crippen LogP contribution in [0.15, 0.2) is 18.2 Å². The van der Waals surface area contributed by atoms with Crippen LogP contribution in [-0.2, 0) is 0 Å². The van der Waals surface area contributed by atoms with Crippen molar-refractivity contribution in [2.75, 3.05) is 18.9 Å². The number of nitrogens with zero attached hydrogens (tertiary/aromatic N) is 2. The zero-order valence-corrected chi connectivity index (χ0v) is 10.8. The van der Waals surface area contributed by atoms with Crippen molar-refractivity contribution in [2.45, 2.75) is 31.8 Å². The lowest BCUT2D eigenvalue weighted by atomic mass is 10.2. The summed E-state index contributed by atoms with van der Waals surface area (Å²) in [6, 6.07) is 7.58. The lowest BCUT2D eigenvalue weighted by Crippen LogP contribution is -2.36. The van der Waals surface area contributed by atoms with Gasteiger partial charge in [-0.2, -0.15) is 5.26 Å². The third kappa shape index (κ3) is 2.99. The summed E-state index contributed by atoms with van der Waals surface area (Å²) >= 11 is 0. The van der Waals surface area contributed by atoms with E-state index < -0.39 is 5.82 Å². The van der Waals surface area contributed by atoms with Gasteiger partial charge in [-0.1, -0.05) is 0 Å². The standard InChI is InChI=1S/C14H18FN3/c1-10(18(2)13-5-6-13)9-17-12-4-3-11(8-16)14(15)7-12/h3-4,7,10,13,17H,5-6,9H2,1-2H3. The second kappa shape index (κ2) is 5.36. The molecular formula is C14H18FN3. The molecule has 0 saturated heterocycles. The Bertz CT molecular complexity index is 463. The van der Waals surface area contributed by atoms with E-state index in [4.69, 9.17) is 5.26 Å². The minimum atomic E-state index is -0.467. The second-order valence-electron chi connectivity index (χ2n) is 4.93. The molecule has 4 heteroatoms. The van der Waals surface area contributed by atoms with Crippen molar-refractivity contribution in [3.8, 4) is 6.07 Å². The molecule has 1 N–H and O–H groups in total. The van der Waals surface area contributed by atoms with Gasteiger partial charge in [0.05, 0.1) is 5.56 Å². The molecule has 1 aromatic carbocycles. The van der Waals surface area contributed by atoms with E-state index in [1.807, 2.05) is 6.07 Å². The molecule has 2 rings (SSSR count). The van der Waals surface area contributed by atoms with Crippen LogP contribution in [0.1, 0.15) is 25.3 Å². The molecule has 0 spiro atoms. The number of benzene rings is 1. The highest BCUT2D eigenvalue weighted by Gasteiger charge is 2.28. The highest BCUT2D eigenvalue weighted by molar-refractivity contribution is 5.48. The smallest absolute Gasteiger partial charge is 0.143 e. The van der Waals surface area contributed by atoms with Crippen molar-refractivity contribution in [3.63, 3.8) is 0 Å². The molecule has 1 saturated carbocycles. The molecule has 96 valence electrons. The lowest BCUT2D eigenvalue weighted by Gasteiger charge is -2.25. The first kappa shape index (κ1) is 12.8. The first-order valence-corrected chi connectivity index (χ1v) is 6.27. The fourth-order valence-electron chi connectivity index (χ4n) is 1.97. The molecule has 0 aromatic heterocycles. The molecular weight excluding hydrogens is 229 g/mol. The normalized spacial score (nSPS) is 16.4. The van der Waals surface area contributed by atoms with Crippen LogP contribution in [0.5, 0.6) is 0 Å². The topological polar surface area (TPSA) is 39.1 Å². The van der Waals surface area contributed by atoms with Crippen molar-refractivity contribution in [1.29, 1.82) is 5.26 Å². The Morgan fingerprint density at radius 3 is 2.83 bits per heavy atom. The van der Waals surface area contributed by atoms with Crippen molar-refractivity contribution < 1.29 is 4.39 Å². The summed E-state index contributed by atoms with van der Waals surface area (Å²) in [5.41, 5.74) is 0.811. The van der Waals surface area contributed by atoms with Gasteiger partial charge >= 0.3 is 0 Å². The number of hydrogen-bond acceptors (Lipinski definition) is 3. The van der Waals surface area contributed by atoms with Gasteiger partial charge in [0.1, 0.15) is 11.9 Å². The molecule has 1 aromatic rings. The Morgan fingerprint density at radius 1 is 1.56 bits per heavy atom. The van der Waals surface area contributed by atoms with Gasteiger partial charge in [0, 0.05) is 24.3 Å². The molecule has 1 atom stereocenters. The van der Waals surface area contributed by atoms with Crippen molar-refractivity contribution >= 4 is 5.69 Å². The van der Waals surface area contributed by atoms with E-state index in [2.05, 4.69) is 24.2 Å². The first-order chi connectivity index (χ1) is 8.61. The summed E-state index contributed by atoms with van der Waals surface area (Å²) < 4.78 is 13.4. The summed E-state index contributed by atoms with van der Waals surface area (Å²) in [5, 5.41) is 11.9. The second-order valence-corrected chi connectivity index (χ2v) is 4.93. The molecule has 1 aliphatic rings. The summed E-state index contributed by atoms with van der Waals surface area (Å²) in [6.45, 7) is 2.93. The molecule has 0 bridgehead atoms. The molecule has 18 heavy (non-hydrogen) atoms. The van der Waals surface area contributed by atoms with Gasteiger partial charge in [-0.05, 0) is 45.0 Å². The number of rotatable bonds is 5. The van der Waals surface area contributed by atoms with E-state index in [0.29, 0.717) is 6.04 Å². The molecule has 0 radical (unpaired) electrons. The fourth-order valence-corrected chi connectivity index (χ4v) is 1.97. The summed E-state index contributed by atoms with van der Waals surface area (Å²) in [6.07, 6.45) is 2.57. The number of nitrogens with one attached hydrogen (secondary N) is 1. The number of anilines is 1. The first-order valence-electron chi connectivity index (χ1n) is 6.27. The van der Waals surface area contributed by atoms with Gasteiger partial charge in [-0.15, -0.1) is 0 Å². The molecule has 1 aliphatic carbocycles. The molecule has 0 aliphatic heterocycles. The van der Waals surface area contributed by atoms with Crippen LogP contribution >= 0.6 is 0 Å². The van der Waals surface area contributed by atoms with E-state index >= 15 is 0 Å². The van der Waals surface area contributed by atoms with Crippen LogP contribution in [0.2, 0.25) is 0 Å². The third-order valence-corrected chi connectivity index (χ3v) is 3.51. The van der Waals surface area contributed by atoms with Gasteiger partial charge < -0.3 is 5.32 Å². The van der Waals surface area contributed by atoms with Gasteiger partial charge in [-0.3, -0.25) is 4.90 Å². The van der Waals surface area contributed by atoms with E-state index in [-0.39, 0.29) is 5.56 Å². The maximum atomic E-state index is 13.4. The number of likely N-dealkylation sites (N-methyl/N-ethyl adjacent to an activating group) is 1. The van der Waals surface area contributed by atoms with Crippen LogP contribution in [0.4, 0.5) is 10.1 Å². The summed E-state index contributed by atoms with van der Waals surface area (Å²) in [7, 11) is 2.13. The Kier molecular flexibility index (Phi) is 3.83. The van der Waals surface area contributed by atoms with Crippen molar-refractivity contribution in [1.82, 2.24) is 4.90 Å². The Hall–Kier alpha value is -1.60. The van der Waals surface area contributed by atoms with Gasteiger partial charge in [0.15, 0.2) is 0 Å². The van der Waals surface area contributed by atoms with Gasteiger partial charge in [0.2, 0.25) is 0 Å². The minimum absolute atomic E-state index is 0.0868. The predicted molar refractivity (Wildman–Crippen MR) is 69.9 cm³/mol. The maximum Gasteiger partial charge on any atom is 0.143 e. The molecule has 0 heterocycles. The molecule has 1 fully saturated rings. The van der Waals surface area contributed by atoms with Crippen LogP contribution in [0, 0.1) is 17.1 Å². The Labute approximate surface area is 107 Å². The summed E-state index contributed by atoms with van der Waals surface area (Å²) in [5.74, 6) is -0.467. The maximum absolute atomic E-state index is 13.4. The van der Waals surface area contributed by atoms with Crippen molar-refractivity contribution in [2.24, 2.45) is 0 Å². The number of hydrogen-bond donors (Lipinski definition) is 1. The number of halogens is 1. The van der Waals surface area contributed by atoms with Crippen LogP contribution in [0.25, 0.3) is 0 Å². The Morgan fingerprint density at radius 2 is 2.28 bits per heavy atom. The average Bonchev–Trinajstić information content (AvgIpc) is 3.19. The minimum Gasteiger partial charge on any atom is -0.383 e. The average molecular weight is 247 g/mol. The van der Waals surface area contributed by atoms with Crippen LogP contribution in [-0.4, -0.2) is 30.6 Å². The van der Waals surface area contributed by atoms with Crippen LogP contribution in [0.3, 0.4) is 0 Å². The van der Waals surface area contributed by atoms with Crippen LogP contribution < -0.4 is 5.32 Å². The quantitative estimate of drug-likeness (QED) is 0.869. The third-order valence-electron chi connectivity index (χ3n) is 3.51. The lowest BCUT2D eigenvalue weighted by molar-refractivity contribution is 0.257. The van der Waals surface area contributed by atoms with Crippen molar-refractivity contribution in [3.05, 3.63) is 29.6 Å². The molecule has 3 nitrogen and oxygen atoms in total. The molecule has 0 amide bonds. The zero-order valence-electron chi connectivity index (χ0n) is 10.8. The highest BCUT2D eigenvalue weighted by Crippen LogP contribution is 2.27. The van der Waals surface area contributed by atoms with Gasteiger partial charge in [0.25, 0.3) is 0 Å². The number of nitriles is 1. The highest BCUT2D eigenvalue weighted by atomic mass is 19.1. The molecule has 1 unspecified atom stereocenters. The largest absolute Gasteiger partial charge is 0.383 e.